The van der Waals surface area contributed by atoms with Gasteiger partial charge in [0.15, 0.2) is 29.0 Å². The Morgan fingerprint density at radius 2 is 1.24 bits per heavy atom. The first-order chi connectivity index (χ1) is 16.6. The third kappa shape index (κ3) is 4.98. The van der Waals surface area contributed by atoms with Crippen LogP contribution in [0.25, 0.3) is 34.2 Å². The van der Waals surface area contributed by atoms with Crippen LogP contribution < -0.4 is 9.47 Å². The van der Waals surface area contributed by atoms with Gasteiger partial charge in [0.1, 0.15) is 18.0 Å². The number of aromatic hydroxyl groups is 1. The summed E-state index contributed by atoms with van der Waals surface area (Å²) in [5, 5.41) is 10.8. The molecule has 0 fully saturated rings. The molecule has 0 aliphatic heterocycles. The van der Waals surface area contributed by atoms with Gasteiger partial charge in [-0.05, 0) is 43.3 Å². The molecule has 0 saturated heterocycles. The summed E-state index contributed by atoms with van der Waals surface area (Å²) >= 11 is 0. The van der Waals surface area contributed by atoms with Gasteiger partial charge >= 0.3 is 0 Å². The summed E-state index contributed by atoms with van der Waals surface area (Å²) in [6.07, 6.45) is 5.07. The number of aryl methyl sites for hydroxylation is 1. The molecule has 34 heavy (non-hydrogen) atoms. The summed E-state index contributed by atoms with van der Waals surface area (Å²) in [6, 6.07) is 20.3. The van der Waals surface area contributed by atoms with Gasteiger partial charge in [0.2, 0.25) is 0 Å². The van der Waals surface area contributed by atoms with Crippen molar-refractivity contribution in [2.75, 3.05) is 0 Å². The molecule has 0 aliphatic carbocycles. The van der Waals surface area contributed by atoms with E-state index >= 15 is 0 Å². The summed E-state index contributed by atoms with van der Waals surface area (Å²) < 4.78 is 10.7. The van der Waals surface area contributed by atoms with Crippen molar-refractivity contribution in [1.29, 1.82) is 0 Å². The second-order valence-electron chi connectivity index (χ2n) is 7.26. The molecule has 3 aromatic carbocycles. The summed E-state index contributed by atoms with van der Waals surface area (Å²) in [7, 11) is 0. The highest BCUT2D eigenvalue weighted by Crippen LogP contribution is 2.36. The second-order valence-corrected chi connectivity index (χ2v) is 7.26. The quantitative estimate of drug-likeness (QED) is 0.401. The monoisotopic (exact) mass is 447 g/mol. The number of nitrogens with zero attached hydrogens (tertiary/aromatic N) is 3. The molecule has 6 nitrogen and oxygen atoms in total. The third-order valence-electron chi connectivity index (χ3n) is 4.83. The van der Waals surface area contributed by atoms with E-state index in [1.165, 1.54) is 0 Å². The minimum absolute atomic E-state index is 0.0980. The van der Waals surface area contributed by atoms with Crippen LogP contribution in [0.1, 0.15) is 19.4 Å². The average Bonchev–Trinajstić information content (AvgIpc) is 2.87. The van der Waals surface area contributed by atoms with Crippen molar-refractivity contribution < 1.29 is 14.6 Å². The molecule has 4 rings (SSSR count). The first kappa shape index (κ1) is 22.4. The number of phenolic OH excluding ortho intramolecular Hbond substituents is 1. The SMILES string of the molecule is CC#COc1ccc(-c2nc(-c3ccc(C)cc3)nc(-c3cccc(OC#CC)c3O)n2)cc1. The Morgan fingerprint density at radius 3 is 1.85 bits per heavy atom. The minimum Gasteiger partial charge on any atom is -0.504 e. The van der Waals surface area contributed by atoms with E-state index in [4.69, 9.17) is 14.5 Å². The maximum atomic E-state index is 10.8. The summed E-state index contributed by atoms with van der Waals surface area (Å²) in [5.41, 5.74) is 3.13. The lowest BCUT2D eigenvalue weighted by Crippen LogP contribution is -2.00. The van der Waals surface area contributed by atoms with Gasteiger partial charge in [-0.15, -0.1) is 0 Å². The summed E-state index contributed by atoms with van der Waals surface area (Å²) in [6.45, 7) is 5.37. The molecule has 0 unspecified atom stereocenters. The van der Waals surface area contributed by atoms with Crippen LogP contribution in [0.15, 0.2) is 66.7 Å². The maximum absolute atomic E-state index is 10.8. The molecule has 1 heterocycles. The fourth-order valence-corrected chi connectivity index (χ4v) is 3.13. The molecule has 0 amide bonds. The standard InChI is InChI=1S/C28H21N3O3/c1-4-17-33-22-15-13-21(14-16-22)27-29-26(20-11-9-19(3)10-12-20)30-28(31-27)23-7-6-8-24(25(23)32)34-18-5-2/h6-16,32H,1-3H3. The molecule has 0 spiro atoms. The molecule has 0 saturated carbocycles. The molecule has 1 N–H and O–H groups in total. The van der Waals surface area contributed by atoms with Gasteiger partial charge in [0.05, 0.1) is 5.56 Å². The highest BCUT2D eigenvalue weighted by molar-refractivity contribution is 5.72. The predicted molar refractivity (Wildman–Crippen MR) is 131 cm³/mol. The van der Waals surface area contributed by atoms with Crippen LogP contribution in [0.2, 0.25) is 0 Å². The zero-order valence-corrected chi connectivity index (χ0v) is 19.0. The normalized spacial score (nSPS) is 9.85. The topological polar surface area (TPSA) is 77.4 Å². The zero-order chi connectivity index (χ0) is 23.9. The van der Waals surface area contributed by atoms with Crippen molar-refractivity contribution in [2.24, 2.45) is 0 Å². The zero-order valence-electron chi connectivity index (χ0n) is 19.0. The second kappa shape index (κ2) is 10.2. The van der Waals surface area contributed by atoms with E-state index in [2.05, 4.69) is 34.0 Å². The van der Waals surface area contributed by atoms with Crippen LogP contribution in [-0.4, -0.2) is 20.1 Å². The Morgan fingerprint density at radius 1 is 0.676 bits per heavy atom. The van der Waals surface area contributed by atoms with Crippen molar-refractivity contribution in [3.63, 3.8) is 0 Å². The van der Waals surface area contributed by atoms with Gasteiger partial charge in [0, 0.05) is 25.0 Å². The lowest BCUT2D eigenvalue weighted by atomic mass is 10.1. The first-order valence-corrected chi connectivity index (χ1v) is 10.5. The molecule has 166 valence electrons. The lowest BCUT2D eigenvalue weighted by molar-refractivity contribution is 0.426. The van der Waals surface area contributed by atoms with Gasteiger partial charge in [-0.25, -0.2) is 15.0 Å². The number of para-hydroxylation sites is 1. The van der Waals surface area contributed by atoms with Crippen LogP contribution in [-0.2, 0) is 0 Å². The van der Waals surface area contributed by atoms with E-state index in [1.54, 1.807) is 44.2 Å². The maximum Gasteiger partial charge on any atom is 0.182 e. The smallest absolute Gasteiger partial charge is 0.182 e. The molecule has 4 aromatic rings. The Hall–Kier alpha value is -4.81. The van der Waals surface area contributed by atoms with Crippen LogP contribution in [0.5, 0.6) is 17.2 Å². The third-order valence-corrected chi connectivity index (χ3v) is 4.83. The highest BCUT2D eigenvalue weighted by atomic mass is 16.5. The van der Waals surface area contributed by atoms with Gasteiger partial charge in [-0.2, -0.15) is 0 Å². The molecular formula is C28H21N3O3. The van der Waals surface area contributed by atoms with E-state index < -0.39 is 0 Å². The molecule has 1 aromatic heterocycles. The Bertz CT molecular complexity index is 1440. The molecule has 0 radical (unpaired) electrons. The van der Waals surface area contributed by atoms with E-state index in [9.17, 15) is 5.11 Å². The summed E-state index contributed by atoms with van der Waals surface area (Å²) in [5.74, 6) is 7.32. The van der Waals surface area contributed by atoms with Crippen LogP contribution in [0.4, 0.5) is 0 Å². The van der Waals surface area contributed by atoms with Gasteiger partial charge in [-0.3, -0.25) is 0 Å². The number of aromatic nitrogens is 3. The Labute approximate surface area is 198 Å². The number of ether oxygens (including phenoxy) is 2. The summed E-state index contributed by atoms with van der Waals surface area (Å²) in [4.78, 5) is 14.0. The van der Waals surface area contributed by atoms with E-state index in [-0.39, 0.29) is 11.5 Å². The van der Waals surface area contributed by atoms with Crippen molar-refractivity contribution >= 4 is 0 Å². The largest absolute Gasteiger partial charge is 0.504 e. The number of rotatable bonds is 5. The lowest BCUT2D eigenvalue weighted by Gasteiger charge is -2.11. The van der Waals surface area contributed by atoms with E-state index in [0.29, 0.717) is 28.8 Å². The number of benzene rings is 3. The fraction of sp³-hybridized carbons (Fsp3) is 0.107. The van der Waals surface area contributed by atoms with Gasteiger partial charge in [0.25, 0.3) is 0 Å². The van der Waals surface area contributed by atoms with Crippen molar-refractivity contribution in [3.05, 3.63) is 72.3 Å². The highest BCUT2D eigenvalue weighted by Gasteiger charge is 2.17. The Kier molecular flexibility index (Phi) is 6.72. The van der Waals surface area contributed by atoms with Crippen LogP contribution in [0, 0.1) is 31.0 Å². The number of hydrogen-bond donors (Lipinski definition) is 1. The first-order valence-electron chi connectivity index (χ1n) is 10.5. The molecule has 6 heteroatoms. The van der Waals surface area contributed by atoms with Gasteiger partial charge < -0.3 is 14.6 Å². The van der Waals surface area contributed by atoms with Crippen molar-refractivity contribution in [3.8, 4) is 75.5 Å². The number of hydrogen-bond acceptors (Lipinski definition) is 6. The number of phenols is 1. The average molecular weight is 447 g/mol. The van der Waals surface area contributed by atoms with Crippen LogP contribution >= 0.6 is 0 Å². The van der Waals surface area contributed by atoms with Crippen molar-refractivity contribution in [2.45, 2.75) is 20.8 Å². The molecule has 0 aliphatic rings. The molecule has 0 atom stereocenters. The molecule has 0 bridgehead atoms. The Balaban J connectivity index is 1.85. The minimum atomic E-state index is -0.0980. The predicted octanol–water partition coefficient (Wildman–Crippen LogP) is 5.61. The van der Waals surface area contributed by atoms with Crippen molar-refractivity contribution in [1.82, 2.24) is 15.0 Å². The van der Waals surface area contributed by atoms with Gasteiger partial charge in [-0.1, -0.05) is 47.7 Å². The fourth-order valence-electron chi connectivity index (χ4n) is 3.13. The van der Waals surface area contributed by atoms with E-state index in [0.717, 1.165) is 16.7 Å². The van der Waals surface area contributed by atoms with Crippen LogP contribution in [0.3, 0.4) is 0 Å². The molecular weight excluding hydrogens is 426 g/mol. The van der Waals surface area contributed by atoms with E-state index in [1.807, 2.05) is 43.3 Å².